The Hall–Kier alpha value is -4.61. The largest absolute Gasteiger partial charge is 0.509 e. The van der Waals surface area contributed by atoms with E-state index < -0.39 is 73.0 Å². The molecule has 1 N–H and O–H groups in total. The van der Waals surface area contributed by atoms with Gasteiger partial charge in [0.2, 0.25) is 5.28 Å². The minimum atomic E-state index is -3.15. The van der Waals surface area contributed by atoms with Crippen LogP contribution in [0.3, 0.4) is 0 Å². The predicted molar refractivity (Wildman–Crippen MR) is 220 cm³/mol. The maximum Gasteiger partial charge on any atom is 0.509 e. The zero-order valence-electron chi connectivity index (χ0n) is 35.1. The summed E-state index contributed by atoms with van der Waals surface area (Å²) in [4.78, 5) is 54.0. The molecule has 0 spiro atoms. The molecule has 58 heavy (non-hydrogen) atoms. The number of aliphatic hydroxyl groups excluding tert-OH is 1. The number of nitrogens with zero attached hydrogens (tertiary/aromatic N) is 5. The molecule has 2 aromatic heterocycles. The number of ether oxygens (including phenoxy) is 5. The van der Waals surface area contributed by atoms with Crippen molar-refractivity contribution in [1.82, 2.24) is 19.5 Å². The Bertz CT molecular complexity index is 2020. The Kier molecular flexibility index (Phi) is 12.7. The number of benzene rings is 2. The van der Waals surface area contributed by atoms with Crippen molar-refractivity contribution < 1.29 is 47.6 Å². The van der Waals surface area contributed by atoms with Gasteiger partial charge in [-0.3, -0.25) is 4.57 Å². The van der Waals surface area contributed by atoms with Crippen LogP contribution in [-0.4, -0.2) is 93.0 Å². The summed E-state index contributed by atoms with van der Waals surface area (Å²) in [6.45, 7) is 21.2. The molecule has 15 nitrogen and oxygen atoms in total. The molecule has 1 fully saturated rings. The van der Waals surface area contributed by atoms with Gasteiger partial charge in [-0.2, -0.15) is 14.9 Å². The van der Waals surface area contributed by atoms with E-state index in [0.29, 0.717) is 4.90 Å². The molecule has 0 radical (unpaired) electrons. The number of amides is 2. The average molecular weight is 840 g/mol. The molecule has 0 saturated carbocycles. The van der Waals surface area contributed by atoms with E-state index in [1.165, 1.54) is 10.9 Å². The first-order valence-corrected chi connectivity index (χ1v) is 21.2. The molecule has 4 aromatic rings. The number of anilines is 1. The molecule has 0 aliphatic carbocycles. The molecule has 1 aliphatic heterocycles. The van der Waals surface area contributed by atoms with E-state index in [1.54, 1.807) is 62.3 Å². The predicted octanol–water partition coefficient (Wildman–Crippen LogP) is 7.31. The van der Waals surface area contributed by atoms with Gasteiger partial charge < -0.3 is 33.2 Å². The molecule has 314 valence electrons. The smallest absolute Gasteiger partial charge is 0.443 e. The number of imidazole rings is 1. The summed E-state index contributed by atoms with van der Waals surface area (Å²) >= 11 is 6.46. The highest BCUT2D eigenvalue weighted by atomic mass is 35.5. The van der Waals surface area contributed by atoms with E-state index in [2.05, 4.69) is 35.7 Å². The van der Waals surface area contributed by atoms with Crippen LogP contribution < -0.4 is 15.3 Å². The van der Waals surface area contributed by atoms with Gasteiger partial charge in [0, 0.05) is 0 Å². The van der Waals surface area contributed by atoms with Crippen molar-refractivity contribution in [2.24, 2.45) is 0 Å². The van der Waals surface area contributed by atoms with Crippen LogP contribution in [0, 0.1) is 0 Å². The van der Waals surface area contributed by atoms with Gasteiger partial charge in [0.15, 0.2) is 29.3 Å². The number of aliphatic hydroxyl groups is 1. The minimum Gasteiger partial charge on any atom is -0.443 e. The molecule has 0 bridgehead atoms. The van der Waals surface area contributed by atoms with Crippen LogP contribution in [0.2, 0.25) is 10.3 Å². The monoisotopic (exact) mass is 839 g/mol. The lowest BCUT2D eigenvalue weighted by Gasteiger charge is -2.43. The molecule has 17 heteroatoms. The molecular weight excluding hydrogens is 786 g/mol. The molecule has 2 aromatic carbocycles. The summed E-state index contributed by atoms with van der Waals surface area (Å²) in [5, 5.41) is 13.2. The Labute approximate surface area is 345 Å². The summed E-state index contributed by atoms with van der Waals surface area (Å²) in [6, 6.07) is 19.9. The second-order valence-electron chi connectivity index (χ2n) is 18.0. The first kappa shape index (κ1) is 44.5. The highest BCUT2D eigenvalue weighted by Gasteiger charge is 2.54. The summed E-state index contributed by atoms with van der Waals surface area (Å²) in [6.07, 6.45) is -7.15. The van der Waals surface area contributed by atoms with Gasteiger partial charge in [-0.15, -0.1) is 0 Å². The fourth-order valence-electron chi connectivity index (χ4n) is 6.66. The van der Waals surface area contributed by atoms with E-state index in [9.17, 15) is 19.5 Å². The molecule has 4 atom stereocenters. The first-order valence-electron chi connectivity index (χ1n) is 19.0. The quantitative estimate of drug-likeness (QED) is 0.0811. The zero-order valence-corrected chi connectivity index (χ0v) is 36.9. The molecule has 5 rings (SSSR count). The van der Waals surface area contributed by atoms with Crippen LogP contribution in [-0.2, 0) is 28.1 Å². The number of halogens is 1. The van der Waals surface area contributed by atoms with Crippen LogP contribution in [0.25, 0.3) is 11.2 Å². The maximum absolute atomic E-state index is 13.6. The van der Waals surface area contributed by atoms with Crippen molar-refractivity contribution in [3.05, 3.63) is 72.3 Å². The molecule has 1 saturated heterocycles. The maximum atomic E-state index is 13.6. The van der Waals surface area contributed by atoms with Crippen LogP contribution in [0.15, 0.2) is 67.0 Å². The summed E-state index contributed by atoms with van der Waals surface area (Å²) in [7, 11) is -3.15. The van der Waals surface area contributed by atoms with Crippen LogP contribution in [0.1, 0.15) is 89.3 Å². The van der Waals surface area contributed by atoms with Gasteiger partial charge in [-0.25, -0.2) is 19.4 Å². The van der Waals surface area contributed by atoms with E-state index in [-0.39, 0.29) is 28.9 Å². The van der Waals surface area contributed by atoms with Crippen LogP contribution in [0.5, 0.6) is 0 Å². The lowest BCUT2D eigenvalue weighted by atomic mass is 10.1. The van der Waals surface area contributed by atoms with Gasteiger partial charge >= 0.3 is 18.3 Å². The molecule has 2 amide bonds. The average Bonchev–Trinajstić information content (AvgIpc) is 3.63. The van der Waals surface area contributed by atoms with Gasteiger partial charge in [0.05, 0.1) is 12.9 Å². The fraction of sp³-hybridized carbons (Fsp3) is 0.512. The number of hydrogen-bond donors (Lipinski definition) is 1. The number of fused-ring (bicyclic) bond motifs is 1. The van der Waals surface area contributed by atoms with E-state index in [0.717, 1.165) is 10.4 Å². The third-order valence-electron chi connectivity index (χ3n) is 8.83. The molecule has 1 aliphatic rings. The summed E-state index contributed by atoms with van der Waals surface area (Å²) in [5.41, 5.74) is -3.03. The highest BCUT2D eigenvalue weighted by molar-refractivity contribution is 6.99. The molecular formula is C41H54ClN5O10Si. The van der Waals surface area contributed by atoms with Gasteiger partial charge in [-0.05, 0) is 89.3 Å². The van der Waals surface area contributed by atoms with E-state index >= 15 is 0 Å². The van der Waals surface area contributed by atoms with Gasteiger partial charge in [0.25, 0.3) is 8.32 Å². The van der Waals surface area contributed by atoms with E-state index in [1.807, 2.05) is 60.7 Å². The number of carbonyl (C=O) groups is 3. The van der Waals surface area contributed by atoms with Crippen molar-refractivity contribution in [1.29, 1.82) is 0 Å². The normalized spacial score (nSPS) is 19.1. The number of imide groups is 1. The molecule has 3 heterocycles. The molecule has 0 unspecified atom stereocenters. The lowest BCUT2D eigenvalue weighted by Crippen LogP contribution is -2.67. The number of carbonyl (C=O) groups excluding carboxylic acids is 3. The third kappa shape index (κ3) is 9.97. The van der Waals surface area contributed by atoms with Gasteiger partial charge in [0.1, 0.15) is 29.0 Å². The summed E-state index contributed by atoms with van der Waals surface area (Å²) in [5.74, 6) is -0.335. The fourth-order valence-corrected chi connectivity index (χ4v) is 11.4. The van der Waals surface area contributed by atoms with Crippen molar-refractivity contribution in [3.8, 4) is 0 Å². The van der Waals surface area contributed by atoms with E-state index in [4.69, 9.17) is 39.7 Å². The van der Waals surface area contributed by atoms with Crippen LogP contribution in [0.4, 0.5) is 20.2 Å². The highest BCUT2D eigenvalue weighted by Crippen LogP contribution is 2.40. The SMILES string of the molecule is CC(C)(C)OC(=O)O[C@H]1[C@@H](O)[C@H](n2cnc3c(N(C(=O)OC(C)(C)C)C(=O)OC(C)(C)C)nc(Cl)nc32)O[C@@H]1CO[Si](c1ccccc1)(c1ccccc1)C(C)(C)C. The Morgan fingerprint density at radius 3 is 1.76 bits per heavy atom. The third-order valence-corrected chi connectivity index (χ3v) is 14.0. The Morgan fingerprint density at radius 1 is 0.793 bits per heavy atom. The second-order valence-corrected chi connectivity index (χ2v) is 22.7. The summed E-state index contributed by atoms with van der Waals surface area (Å²) < 4.78 is 37.5. The van der Waals surface area contributed by atoms with Crippen molar-refractivity contribution >= 4 is 65.6 Å². The lowest BCUT2D eigenvalue weighted by molar-refractivity contribution is -0.0677. The van der Waals surface area contributed by atoms with Crippen molar-refractivity contribution in [3.63, 3.8) is 0 Å². The van der Waals surface area contributed by atoms with Gasteiger partial charge in [-0.1, -0.05) is 81.4 Å². The first-order chi connectivity index (χ1) is 26.8. The zero-order chi connectivity index (χ0) is 43.0. The number of aromatic nitrogens is 4. The number of hydrogen-bond acceptors (Lipinski definition) is 13. The van der Waals surface area contributed by atoms with Crippen molar-refractivity contribution in [2.75, 3.05) is 11.5 Å². The Balaban J connectivity index is 1.60. The topological polar surface area (TPSA) is 174 Å². The Morgan fingerprint density at radius 2 is 1.29 bits per heavy atom. The minimum absolute atomic E-state index is 0.0271. The number of rotatable bonds is 8. The standard InChI is InChI=1S/C41H54ClN5O10Si/c1-38(2,3)55-35(49)47(36(50)56-39(4,5)6)32-28-31(44-34(42)45-32)46(24-43-28)33-29(48)30(54-37(51)57-40(7,8)9)27(53-33)23-52-58(41(10,11)12,25-19-15-13-16-20-25)26-21-17-14-18-22-26/h13-22,24,27,29-30,33,48H,23H2,1-12H3/t27-,29-,30-,33-/m1/s1. The van der Waals surface area contributed by atoms with Crippen molar-refractivity contribution in [2.45, 2.75) is 129 Å². The van der Waals surface area contributed by atoms with Crippen LogP contribution >= 0.6 is 11.6 Å². The second kappa shape index (κ2) is 16.6.